The second-order valence-corrected chi connectivity index (χ2v) is 8.74. The number of pyridine rings is 1. The van der Waals surface area contributed by atoms with Gasteiger partial charge in [0.25, 0.3) is 0 Å². The van der Waals surface area contributed by atoms with Gasteiger partial charge in [-0.1, -0.05) is 5.92 Å². The van der Waals surface area contributed by atoms with Gasteiger partial charge in [0.05, 0.1) is 17.0 Å². The summed E-state index contributed by atoms with van der Waals surface area (Å²) in [5.41, 5.74) is 1.61. The fraction of sp³-hybridized carbons (Fsp3) is 0.478. The molecular formula is C23H23F5N4O. The molecule has 2 atom stereocenters. The van der Waals surface area contributed by atoms with Crippen molar-refractivity contribution in [1.82, 2.24) is 15.6 Å². The van der Waals surface area contributed by atoms with E-state index in [4.69, 9.17) is 6.42 Å². The molecule has 0 spiro atoms. The molecule has 0 radical (unpaired) electrons. The summed E-state index contributed by atoms with van der Waals surface area (Å²) in [6.45, 7) is -0.0504. The number of carbonyl (C=O) groups is 1. The van der Waals surface area contributed by atoms with Crippen molar-refractivity contribution in [3.8, 4) is 12.3 Å². The van der Waals surface area contributed by atoms with Crippen molar-refractivity contribution in [2.24, 2.45) is 11.8 Å². The lowest BCUT2D eigenvalue weighted by Crippen LogP contribution is -2.56. The number of anilines is 1. The van der Waals surface area contributed by atoms with Crippen molar-refractivity contribution in [2.75, 3.05) is 24.5 Å². The summed E-state index contributed by atoms with van der Waals surface area (Å²) in [4.78, 5) is 18.1. The van der Waals surface area contributed by atoms with Crippen molar-refractivity contribution in [1.29, 1.82) is 0 Å². The number of urea groups is 1. The molecule has 2 unspecified atom stereocenters. The Morgan fingerprint density at radius 2 is 2.00 bits per heavy atom. The molecule has 1 aliphatic heterocycles. The molecule has 1 saturated heterocycles. The Morgan fingerprint density at radius 3 is 2.67 bits per heavy atom. The first kappa shape index (κ1) is 23.1. The van der Waals surface area contributed by atoms with E-state index in [0.717, 1.165) is 0 Å². The first-order valence-corrected chi connectivity index (χ1v) is 10.6. The highest BCUT2D eigenvalue weighted by atomic mass is 19.4. The van der Waals surface area contributed by atoms with Gasteiger partial charge in [0.2, 0.25) is 5.92 Å². The van der Waals surface area contributed by atoms with Crippen LogP contribution in [0.5, 0.6) is 0 Å². The summed E-state index contributed by atoms with van der Waals surface area (Å²) in [6, 6.07) is 5.31. The number of hydrogen-bond acceptors (Lipinski definition) is 3. The molecule has 2 fully saturated rings. The number of aromatic nitrogens is 1. The van der Waals surface area contributed by atoms with Crippen molar-refractivity contribution < 1.29 is 26.7 Å². The topological polar surface area (TPSA) is 57.3 Å². The SMILES string of the molecule is C#Cc1ccc(N2CC(NC(=O)NCC3CC(F)(F)C3)CC(C(F)(F)F)C2)c2cccnc12. The second kappa shape index (κ2) is 8.69. The van der Waals surface area contributed by atoms with E-state index in [1.165, 1.54) is 0 Å². The van der Waals surface area contributed by atoms with Gasteiger partial charge >= 0.3 is 12.2 Å². The molecule has 176 valence electrons. The van der Waals surface area contributed by atoms with Crippen LogP contribution in [-0.2, 0) is 0 Å². The van der Waals surface area contributed by atoms with E-state index in [2.05, 4.69) is 21.5 Å². The van der Waals surface area contributed by atoms with Crippen LogP contribution in [0.2, 0.25) is 0 Å². The Labute approximate surface area is 187 Å². The molecule has 10 heteroatoms. The lowest BCUT2D eigenvalue weighted by atomic mass is 9.81. The van der Waals surface area contributed by atoms with Gasteiger partial charge in [0, 0.05) is 55.8 Å². The highest BCUT2D eigenvalue weighted by molar-refractivity contribution is 5.95. The van der Waals surface area contributed by atoms with Crippen LogP contribution >= 0.6 is 0 Å². The van der Waals surface area contributed by atoms with Crippen LogP contribution < -0.4 is 15.5 Å². The normalized spacial score (nSPS) is 23.0. The number of benzene rings is 1. The Morgan fingerprint density at radius 1 is 1.24 bits per heavy atom. The summed E-state index contributed by atoms with van der Waals surface area (Å²) >= 11 is 0. The number of halogens is 5. The molecule has 0 bridgehead atoms. The van der Waals surface area contributed by atoms with Gasteiger partial charge in [-0.05, 0) is 36.6 Å². The summed E-state index contributed by atoms with van der Waals surface area (Å²) in [7, 11) is 0. The molecule has 1 aromatic heterocycles. The standard InChI is InChI=1S/C23H23F5N4O/c1-2-15-5-6-19(18-4-3-7-29-20(15)18)32-12-16(23(26,27)28)8-17(13-32)31-21(33)30-11-14-9-22(24,25)10-14/h1,3-7,14,16-17H,8-13H2,(H2,30,31,33). The highest BCUT2D eigenvalue weighted by Gasteiger charge is 2.46. The molecule has 33 heavy (non-hydrogen) atoms. The third kappa shape index (κ3) is 5.13. The fourth-order valence-electron chi connectivity index (χ4n) is 4.59. The smallest absolute Gasteiger partial charge is 0.368 e. The molecule has 5 nitrogen and oxygen atoms in total. The number of amides is 2. The molecule has 1 saturated carbocycles. The minimum atomic E-state index is -4.45. The quantitative estimate of drug-likeness (QED) is 0.522. The predicted octanol–water partition coefficient (Wildman–Crippen LogP) is 4.32. The van der Waals surface area contributed by atoms with E-state index in [1.807, 2.05) is 0 Å². The summed E-state index contributed by atoms with van der Waals surface area (Å²) in [5, 5.41) is 5.73. The van der Waals surface area contributed by atoms with Gasteiger partial charge in [-0.3, -0.25) is 4.98 Å². The number of nitrogens with zero attached hydrogens (tertiary/aromatic N) is 2. The summed E-state index contributed by atoms with van der Waals surface area (Å²) < 4.78 is 67.0. The van der Waals surface area contributed by atoms with Crippen LogP contribution in [0.1, 0.15) is 24.8 Å². The van der Waals surface area contributed by atoms with Crippen molar-refractivity contribution in [2.45, 2.75) is 37.4 Å². The Hall–Kier alpha value is -3.09. The third-order valence-corrected chi connectivity index (χ3v) is 6.22. The van der Waals surface area contributed by atoms with Crippen LogP contribution in [0.3, 0.4) is 0 Å². The zero-order valence-corrected chi connectivity index (χ0v) is 17.6. The van der Waals surface area contributed by atoms with Crippen LogP contribution in [-0.4, -0.2) is 48.8 Å². The van der Waals surface area contributed by atoms with Gasteiger partial charge in [0.15, 0.2) is 0 Å². The van der Waals surface area contributed by atoms with Gasteiger partial charge in [-0.25, -0.2) is 13.6 Å². The molecule has 2 N–H and O–H groups in total. The van der Waals surface area contributed by atoms with Crippen LogP contribution in [0.4, 0.5) is 32.4 Å². The van der Waals surface area contributed by atoms with Crippen molar-refractivity contribution in [3.05, 3.63) is 36.0 Å². The maximum atomic E-state index is 13.7. The Kier molecular flexibility index (Phi) is 6.08. The lowest BCUT2D eigenvalue weighted by Gasteiger charge is -2.40. The zero-order chi connectivity index (χ0) is 23.8. The lowest BCUT2D eigenvalue weighted by molar-refractivity contribution is -0.177. The predicted molar refractivity (Wildman–Crippen MR) is 114 cm³/mol. The van der Waals surface area contributed by atoms with Crippen LogP contribution in [0.15, 0.2) is 30.5 Å². The molecule has 2 amide bonds. The zero-order valence-electron chi connectivity index (χ0n) is 17.6. The average molecular weight is 466 g/mol. The first-order chi connectivity index (χ1) is 15.6. The Bertz CT molecular complexity index is 1070. The molecular weight excluding hydrogens is 443 g/mol. The monoisotopic (exact) mass is 466 g/mol. The number of fused-ring (bicyclic) bond motifs is 1. The van der Waals surface area contributed by atoms with E-state index in [1.54, 1.807) is 35.4 Å². The number of piperidine rings is 1. The fourth-order valence-corrected chi connectivity index (χ4v) is 4.59. The molecule has 2 aromatic rings. The maximum Gasteiger partial charge on any atom is 0.393 e. The van der Waals surface area contributed by atoms with Gasteiger partial charge in [-0.15, -0.1) is 6.42 Å². The number of hydrogen-bond donors (Lipinski definition) is 2. The second-order valence-electron chi connectivity index (χ2n) is 8.74. The number of terminal acetylenes is 1. The van der Waals surface area contributed by atoms with E-state index in [9.17, 15) is 26.7 Å². The van der Waals surface area contributed by atoms with Crippen LogP contribution in [0.25, 0.3) is 10.9 Å². The third-order valence-electron chi connectivity index (χ3n) is 6.22. The first-order valence-electron chi connectivity index (χ1n) is 10.6. The minimum Gasteiger partial charge on any atom is -0.368 e. The summed E-state index contributed by atoms with van der Waals surface area (Å²) in [5.74, 6) is -2.14. The Balaban J connectivity index is 1.50. The molecule has 1 aromatic carbocycles. The van der Waals surface area contributed by atoms with E-state index in [0.29, 0.717) is 22.2 Å². The van der Waals surface area contributed by atoms with E-state index >= 15 is 0 Å². The maximum absolute atomic E-state index is 13.7. The van der Waals surface area contributed by atoms with Crippen molar-refractivity contribution in [3.63, 3.8) is 0 Å². The van der Waals surface area contributed by atoms with Gasteiger partial charge < -0.3 is 15.5 Å². The number of rotatable bonds is 4. The van der Waals surface area contributed by atoms with Crippen LogP contribution in [0, 0.1) is 24.2 Å². The average Bonchev–Trinajstić information content (AvgIpc) is 2.74. The van der Waals surface area contributed by atoms with Gasteiger partial charge in [0.1, 0.15) is 0 Å². The molecule has 2 heterocycles. The van der Waals surface area contributed by atoms with E-state index < -0.39 is 30.1 Å². The number of alkyl halides is 5. The van der Waals surface area contributed by atoms with Gasteiger partial charge in [-0.2, -0.15) is 13.2 Å². The highest BCUT2D eigenvalue weighted by Crippen LogP contribution is 2.42. The molecule has 4 rings (SSSR count). The molecule has 2 aliphatic rings. The number of nitrogens with one attached hydrogen (secondary N) is 2. The van der Waals surface area contributed by atoms with Crippen molar-refractivity contribution >= 4 is 22.6 Å². The molecule has 1 aliphatic carbocycles. The number of carbonyl (C=O) groups excluding carboxylic acids is 1. The van der Waals surface area contributed by atoms with E-state index in [-0.39, 0.29) is 44.8 Å². The largest absolute Gasteiger partial charge is 0.393 e. The summed E-state index contributed by atoms with van der Waals surface area (Å²) in [6.07, 6.45) is 1.79. The minimum absolute atomic E-state index is 0.0599.